The summed E-state index contributed by atoms with van der Waals surface area (Å²) in [7, 11) is 0. The molecule has 0 radical (unpaired) electrons. The molecule has 28 heavy (non-hydrogen) atoms. The smallest absolute Gasteiger partial charge is 0.356 e. The van der Waals surface area contributed by atoms with Gasteiger partial charge in [-0.05, 0) is 0 Å². The number of halogens is 10. The molecule has 0 amide bonds. The van der Waals surface area contributed by atoms with Crippen LogP contribution < -0.4 is 0 Å². The molecule has 14 heteroatoms. The Bertz CT molecular complexity index is 602. The van der Waals surface area contributed by atoms with Crippen LogP contribution in [0.4, 0.5) is 43.9 Å². The number of hydrogen-bond acceptors (Lipinski definition) is 4. The number of carbonyl (C=O) groups excluding carboxylic acids is 2. The number of hydrogen-bond donors (Lipinski definition) is 0. The van der Waals surface area contributed by atoms with Gasteiger partial charge in [-0.15, -0.1) is 0 Å². The number of carbonyl (C=O) groups is 2. The molecule has 0 aliphatic heterocycles. The van der Waals surface area contributed by atoms with Gasteiger partial charge in [-0.25, -0.2) is 18.4 Å². The topological polar surface area (TPSA) is 52.6 Å². The van der Waals surface area contributed by atoms with Crippen LogP contribution in [0.3, 0.4) is 0 Å². The molecular formula is C14H10F10O4. The molecule has 160 valence electrons. The molecule has 1 saturated carbocycles. The Hall–Kier alpha value is -2.28. The summed E-state index contributed by atoms with van der Waals surface area (Å²) in [6.45, 7) is -0.661. The summed E-state index contributed by atoms with van der Waals surface area (Å²) in [4.78, 5) is 21.5. The van der Waals surface area contributed by atoms with Crippen molar-refractivity contribution in [2.45, 2.75) is 35.0 Å². The van der Waals surface area contributed by atoms with Crippen molar-refractivity contribution in [1.82, 2.24) is 0 Å². The van der Waals surface area contributed by atoms with Crippen molar-refractivity contribution in [3.8, 4) is 0 Å². The van der Waals surface area contributed by atoms with Gasteiger partial charge in [0.15, 0.2) is 0 Å². The van der Waals surface area contributed by atoms with E-state index in [4.69, 9.17) is 0 Å². The first-order valence-electron chi connectivity index (χ1n) is 6.88. The summed E-state index contributed by atoms with van der Waals surface area (Å²) in [6.07, 6.45) is 0.208. The van der Waals surface area contributed by atoms with E-state index in [0.717, 1.165) is 0 Å². The Labute approximate surface area is 149 Å². The van der Waals surface area contributed by atoms with Crippen molar-refractivity contribution < 1.29 is 63.0 Å². The number of rotatable bonds is 6. The van der Waals surface area contributed by atoms with Gasteiger partial charge in [-0.1, -0.05) is 13.2 Å². The summed E-state index contributed by atoms with van der Waals surface area (Å²) in [5, 5.41) is 0. The zero-order valence-corrected chi connectivity index (χ0v) is 13.4. The standard InChI is InChI=1S/C14H10F10O4/c1-3-7(25)27-5-9(15)11(17,18)13(21,22)10(16,6-28-8(26)4-2)14(23,24)12(9,19)20/h3-4H,1-2,5-6H2. The molecule has 0 saturated heterocycles. The van der Waals surface area contributed by atoms with Crippen LogP contribution in [0.25, 0.3) is 0 Å². The second kappa shape index (κ2) is 6.65. The molecule has 4 nitrogen and oxygen atoms in total. The maximum Gasteiger partial charge on any atom is 0.356 e. The highest BCUT2D eigenvalue weighted by Crippen LogP contribution is 2.68. The predicted octanol–water partition coefficient (Wildman–Crippen LogP) is 3.42. The van der Waals surface area contributed by atoms with Crippen LogP contribution >= 0.6 is 0 Å². The zero-order valence-electron chi connectivity index (χ0n) is 13.4. The number of alkyl halides is 10. The molecule has 0 spiro atoms. The van der Waals surface area contributed by atoms with Crippen LogP contribution in [0, 0.1) is 0 Å². The third-order valence-electron chi connectivity index (χ3n) is 3.94. The summed E-state index contributed by atoms with van der Waals surface area (Å²) in [5.74, 6) is -31.2. The van der Waals surface area contributed by atoms with Crippen molar-refractivity contribution >= 4 is 11.9 Å². The molecule has 0 aromatic carbocycles. The van der Waals surface area contributed by atoms with Crippen molar-refractivity contribution in [3.05, 3.63) is 25.3 Å². The molecule has 0 atom stereocenters. The first-order valence-corrected chi connectivity index (χ1v) is 6.88. The van der Waals surface area contributed by atoms with E-state index in [2.05, 4.69) is 22.6 Å². The fourth-order valence-electron chi connectivity index (χ4n) is 2.21. The quantitative estimate of drug-likeness (QED) is 0.367. The van der Waals surface area contributed by atoms with E-state index in [1.807, 2.05) is 0 Å². The summed E-state index contributed by atoms with van der Waals surface area (Å²) < 4.78 is 147. The second-order valence-corrected chi connectivity index (χ2v) is 5.52. The number of ether oxygens (including phenoxy) is 2. The fourth-order valence-corrected chi connectivity index (χ4v) is 2.21. The van der Waals surface area contributed by atoms with Crippen molar-refractivity contribution in [2.24, 2.45) is 0 Å². The van der Waals surface area contributed by atoms with Crippen LogP contribution in [0.5, 0.6) is 0 Å². The predicted molar refractivity (Wildman–Crippen MR) is 69.8 cm³/mol. The van der Waals surface area contributed by atoms with E-state index >= 15 is 0 Å². The van der Waals surface area contributed by atoms with Crippen molar-refractivity contribution in [2.75, 3.05) is 13.2 Å². The molecule has 1 aliphatic rings. The lowest BCUT2D eigenvalue weighted by Gasteiger charge is -2.54. The lowest BCUT2D eigenvalue weighted by molar-refractivity contribution is -0.465. The van der Waals surface area contributed by atoms with E-state index in [1.165, 1.54) is 0 Å². The SMILES string of the molecule is C=CC(=O)OCC1(F)C(F)(F)C(F)(F)C(F)(COC(=O)C=C)C(F)(F)C1(F)F. The van der Waals surface area contributed by atoms with E-state index in [1.54, 1.807) is 0 Å². The zero-order chi connectivity index (χ0) is 22.4. The van der Waals surface area contributed by atoms with E-state index in [0.29, 0.717) is 0 Å². The Morgan fingerprint density at radius 3 is 1.00 bits per heavy atom. The highest BCUT2D eigenvalue weighted by Gasteiger charge is 3.00. The maximum atomic E-state index is 14.4. The average molecular weight is 432 g/mol. The van der Waals surface area contributed by atoms with Gasteiger partial charge < -0.3 is 9.47 Å². The third kappa shape index (κ3) is 2.67. The van der Waals surface area contributed by atoms with Gasteiger partial charge in [0.05, 0.1) is 0 Å². The molecule has 1 aliphatic carbocycles. The Kier molecular flexibility index (Phi) is 5.65. The van der Waals surface area contributed by atoms with Gasteiger partial charge in [0, 0.05) is 12.2 Å². The molecule has 1 fully saturated rings. The average Bonchev–Trinajstić information content (AvgIpc) is 2.61. The van der Waals surface area contributed by atoms with Gasteiger partial charge in [-0.3, -0.25) is 0 Å². The molecule has 0 aromatic heterocycles. The minimum Gasteiger partial charge on any atom is -0.459 e. The first kappa shape index (κ1) is 23.8. The van der Waals surface area contributed by atoms with Gasteiger partial charge in [0.1, 0.15) is 13.2 Å². The summed E-state index contributed by atoms with van der Waals surface area (Å²) >= 11 is 0. The number of esters is 2. The molecule has 0 unspecified atom stereocenters. The van der Waals surface area contributed by atoms with Gasteiger partial charge in [0.2, 0.25) is 0 Å². The maximum absolute atomic E-state index is 14.4. The van der Waals surface area contributed by atoms with Crippen molar-refractivity contribution in [3.63, 3.8) is 0 Å². The highest BCUT2D eigenvalue weighted by molar-refractivity contribution is 5.81. The third-order valence-corrected chi connectivity index (χ3v) is 3.94. The van der Waals surface area contributed by atoms with Crippen molar-refractivity contribution in [1.29, 1.82) is 0 Å². The Morgan fingerprint density at radius 1 is 0.607 bits per heavy atom. The Balaban J connectivity index is 3.64. The molecule has 0 N–H and O–H groups in total. The monoisotopic (exact) mass is 432 g/mol. The fraction of sp³-hybridized carbons (Fsp3) is 0.571. The van der Waals surface area contributed by atoms with E-state index in [-0.39, 0.29) is 12.2 Å². The van der Waals surface area contributed by atoms with Crippen LogP contribution in [-0.4, -0.2) is 60.2 Å². The van der Waals surface area contributed by atoms with E-state index in [9.17, 15) is 53.5 Å². The van der Waals surface area contributed by atoms with Gasteiger partial charge in [-0.2, -0.15) is 35.1 Å². The molecular weight excluding hydrogens is 422 g/mol. The molecule has 1 rings (SSSR count). The lowest BCUT2D eigenvalue weighted by atomic mass is 9.67. The highest BCUT2D eigenvalue weighted by atomic mass is 19.4. The van der Waals surface area contributed by atoms with Crippen LogP contribution in [0.2, 0.25) is 0 Å². The summed E-state index contributed by atoms with van der Waals surface area (Å²) in [6, 6.07) is 0. The second-order valence-electron chi connectivity index (χ2n) is 5.52. The lowest BCUT2D eigenvalue weighted by Crippen LogP contribution is -2.86. The van der Waals surface area contributed by atoms with Crippen LogP contribution in [0.1, 0.15) is 0 Å². The van der Waals surface area contributed by atoms with Crippen LogP contribution in [0.15, 0.2) is 25.3 Å². The minimum absolute atomic E-state index is 0.104. The largest absolute Gasteiger partial charge is 0.459 e. The Morgan fingerprint density at radius 2 is 0.821 bits per heavy atom. The molecule has 0 bridgehead atoms. The molecule has 0 aromatic rings. The van der Waals surface area contributed by atoms with Crippen LogP contribution in [-0.2, 0) is 19.1 Å². The minimum atomic E-state index is -6.86. The van der Waals surface area contributed by atoms with E-state index < -0.39 is 60.2 Å². The van der Waals surface area contributed by atoms with Gasteiger partial charge in [0.25, 0.3) is 11.3 Å². The van der Waals surface area contributed by atoms with Gasteiger partial charge >= 0.3 is 35.6 Å². The normalized spacial score (nSPS) is 32.1. The molecule has 0 heterocycles. The summed E-state index contributed by atoms with van der Waals surface area (Å²) in [5.41, 5.74) is -12.5. The first-order chi connectivity index (χ1) is 12.4.